The predicted octanol–water partition coefficient (Wildman–Crippen LogP) is 3.61. The average Bonchev–Trinajstić information content (AvgIpc) is 2.97. The van der Waals surface area contributed by atoms with Gasteiger partial charge in [0.25, 0.3) is 0 Å². The minimum Gasteiger partial charge on any atom is -0.497 e. The van der Waals surface area contributed by atoms with Crippen molar-refractivity contribution in [3.8, 4) is 11.5 Å². The second-order valence-electron chi connectivity index (χ2n) is 5.03. The van der Waals surface area contributed by atoms with Crippen LogP contribution in [-0.2, 0) is 6.42 Å². The molecule has 4 nitrogen and oxygen atoms in total. The van der Waals surface area contributed by atoms with E-state index in [9.17, 15) is 4.79 Å². The molecule has 1 heterocycles. The molecule has 0 spiro atoms. The van der Waals surface area contributed by atoms with Gasteiger partial charge in [-0.2, -0.15) is 0 Å². The van der Waals surface area contributed by atoms with Crippen molar-refractivity contribution in [1.82, 2.24) is 4.98 Å². The van der Waals surface area contributed by atoms with Gasteiger partial charge in [-0.1, -0.05) is 0 Å². The van der Waals surface area contributed by atoms with Crippen molar-refractivity contribution in [1.29, 1.82) is 0 Å². The summed E-state index contributed by atoms with van der Waals surface area (Å²) in [6.45, 7) is 0.574. The minimum atomic E-state index is 0.574. The van der Waals surface area contributed by atoms with Crippen molar-refractivity contribution >= 4 is 17.2 Å². The van der Waals surface area contributed by atoms with E-state index in [1.165, 1.54) is 0 Å². The average molecular weight is 295 g/mol. The SMILES string of the molecule is COc1ccc2[nH]c(CCOc3ccc(C=O)cc3)cc2c1. The van der Waals surface area contributed by atoms with E-state index in [0.29, 0.717) is 12.2 Å². The Hall–Kier alpha value is -2.75. The molecule has 1 N–H and O–H groups in total. The number of carbonyl (C=O) groups excluding carboxylic acids is 1. The molecule has 0 radical (unpaired) electrons. The van der Waals surface area contributed by atoms with Crippen molar-refractivity contribution in [2.24, 2.45) is 0 Å². The Kier molecular flexibility index (Phi) is 4.10. The molecule has 2 aromatic carbocycles. The number of fused-ring (bicyclic) bond motifs is 1. The first-order valence-electron chi connectivity index (χ1n) is 7.12. The summed E-state index contributed by atoms with van der Waals surface area (Å²) in [6.07, 6.45) is 1.61. The van der Waals surface area contributed by atoms with E-state index in [2.05, 4.69) is 11.1 Å². The van der Waals surface area contributed by atoms with Gasteiger partial charge in [0.15, 0.2) is 0 Å². The molecule has 0 aliphatic carbocycles. The predicted molar refractivity (Wildman–Crippen MR) is 85.9 cm³/mol. The molecule has 0 saturated heterocycles. The first-order chi connectivity index (χ1) is 10.8. The molecular weight excluding hydrogens is 278 g/mol. The van der Waals surface area contributed by atoms with Crippen LogP contribution in [0.15, 0.2) is 48.5 Å². The smallest absolute Gasteiger partial charge is 0.150 e. The van der Waals surface area contributed by atoms with E-state index in [-0.39, 0.29) is 0 Å². The van der Waals surface area contributed by atoms with Crippen molar-refractivity contribution in [3.63, 3.8) is 0 Å². The van der Waals surface area contributed by atoms with Gasteiger partial charge >= 0.3 is 0 Å². The van der Waals surface area contributed by atoms with Crippen LogP contribution < -0.4 is 9.47 Å². The largest absolute Gasteiger partial charge is 0.497 e. The number of benzene rings is 2. The van der Waals surface area contributed by atoms with Crippen LogP contribution in [0.4, 0.5) is 0 Å². The lowest BCUT2D eigenvalue weighted by Gasteiger charge is -2.05. The first kappa shape index (κ1) is 14.2. The zero-order chi connectivity index (χ0) is 15.4. The summed E-state index contributed by atoms with van der Waals surface area (Å²) in [7, 11) is 1.67. The highest BCUT2D eigenvalue weighted by atomic mass is 16.5. The van der Waals surface area contributed by atoms with Gasteiger partial charge in [-0.15, -0.1) is 0 Å². The highest BCUT2D eigenvalue weighted by Crippen LogP contribution is 2.21. The van der Waals surface area contributed by atoms with Crippen LogP contribution in [0.1, 0.15) is 16.1 Å². The van der Waals surface area contributed by atoms with Crippen LogP contribution in [0.25, 0.3) is 10.9 Å². The van der Waals surface area contributed by atoms with Gasteiger partial charge in [-0.25, -0.2) is 0 Å². The molecule has 0 fully saturated rings. The molecule has 0 aliphatic rings. The number of nitrogens with one attached hydrogen (secondary N) is 1. The Morgan fingerprint density at radius 1 is 1.05 bits per heavy atom. The molecule has 0 bridgehead atoms. The molecule has 3 aromatic rings. The molecule has 0 saturated carbocycles. The minimum absolute atomic E-state index is 0.574. The Balaban J connectivity index is 1.62. The van der Waals surface area contributed by atoms with Crippen LogP contribution in [0, 0.1) is 0 Å². The van der Waals surface area contributed by atoms with E-state index < -0.39 is 0 Å². The molecule has 1 aromatic heterocycles. The number of hydrogen-bond acceptors (Lipinski definition) is 3. The number of H-pyrrole nitrogens is 1. The fraction of sp³-hybridized carbons (Fsp3) is 0.167. The third-order valence-electron chi connectivity index (χ3n) is 3.54. The van der Waals surface area contributed by atoms with E-state index >= 15 is 0 Å². The van der Waals surface area contributed by atoms with E-state index in [4.69, 9.17) is 9.47 Å². The number of aromatic amines is 1. The fourth-order valence-corrected chi connectivity index (χ4v) is 2.35. The third-order valence-corrected chi connectivity index (χ3v) is 3.54. The lowest BCUT2D eigenvalue weighted by atomic mass is 10.2. The van der Waals surface area contributed by atoms with E-state index in [1.807, 2.05) is 18.2 Å². The van der Waals surface area contributed by atoms with Gasteiger partial charge in [0.1, 0.15) is 17.8 Å². The van der Waals surface area contributed by atoms with Gasteiger partial charge < -0.3 is 14.5 Å². The maximum Gasteiger partial charge on any atom is 0.150 e. The number of ether oxygens (including phenoxy) is 2. The standard InChI is InChI=1S/C18H17NO3/c1-21-17-6-7-18-14(11-17)10-15(19-18)8-9-22-16-4-2-13(12-20)3-5-16/h2-7,10-12,19H,8-9H2,1H3. The van der Waals surface area contributed by atoms with Gasteiger partial charge in [-0.05, 0) is 48.5 Å². The monoisotopic (exact) mass is 295 g/mol. The zero-order valence-corrected chi connectivity index (χ0v) is 12.3. The molecule has 112 valence electrons. The molecule has 0 aliphatic heterocycles. The van der Waals surface area contributed by atoms with Crippen molar-refractivity contribution in [3.05, 3.63) is 59.8 Å². The molecular formula is C18H17NO3. The molecule has 4 heteroatoms. The second kappa shape index (κ2) is 6.35. The van der Waals surface area contributed by atoms with Crippen molar-refractivity contribution in [2.75, 3.05) is 13.7 Å². The lowest BCUT2D eigenvalue weighted by molar-refractivity contribution is 0.112. The Morgan fingerprint density at radius 2 is 1.82 bits per heavy atom. The lowest BCUT2D eigenvalue weighted by Crippen LogP contribution is -2.01. The summed E-state index contributed by atoms with van der Waals surface area (Å²) in [5.74, 6) is 1.62. The summed E-state index contributed by atoms with van der Waals surface area (Å²) >= 11 is 0. The van der Waals surface area contributed by atoms with Crippen LogP contribution in [0.2, 0.25) is 0 Å². The summed E-state index contributed by atoms with van der Waals surface area (Å²) in [6, 6.07) is 15.2. The van der Waals surface area contributed by atoms with E-state index in [1.54, 1.807) is 31.4 Å². The topological polar surface area (TPSA) is 51.3 Å². The quantitative estimate of drug-likeness (QED) is 0.707. The van der Waals surface area contributed by atoms with Crippen LogP contribution in [-0.4, -0.2) is 25.0 Å². The number of hydrogen-bond donors (Lipinski definition) is 1. The molecule has 3 rings (SSSR count). The fourth-order valence-electron chi connectivity index (χ4n) is 2.35. The van der Waals surface area contributed by atoms with Crippen LogP contribution >= 0.6 is 0 Å². The summed E-state index contributed by atoms with van der Waals surface area (Å²) in [4.78, 5) is 14.0. The highest BCUT2D eigenvalue weighted by molar-refractivity contribution is 5.81. The number of methoxy groups -OCH3 is 1. The maximum atomic E-state index is 10.6. The maximum absolute atomic E-state index is 10.6. The highest BCUT2D eigenvalue weighted by Gasteiger charge is 2.03. The number of rotatable bonds is 6. The first-order valence-corrected chi connectivity index (χ1v) is 7.12. The Morgan fingerprint density at radius 3 is 2.55 bits per heavy atom. The van der Waals surface area contributed by atoms with E-state index in [0.717, 1.165) is 40.8 Å². The Bertz CT molecular complexity index is 775. The van der Waals surface area contributed by atoms with Gasteiger partial charge in [0.2, 0.25) is 0 Å². The summed E-state index contributed by atoms with van der Waals surface area (Å²) in [5.41, 5.74) is 2.86. The molecule has 22 heavy (non-hydrogen) atoms. The van der Waals surface area contributed by atoms with Gasteiger partial charge in [-0.3, -0.25) is 4.79 Å². The molecule has 0 atom stereocenters. The van der Waals surface area contributed by atoms with Crippen LogP contribution in [0.5, 0.6) is 11.5 Å². The number of aromatic nitrogens is 1. The zero-order valence-electron chi connectivity index (χ0n) is 12.3. The van der Waals surface area contributed by atoms with Crippen molar-refractivity contribution in [2.45, 2.75) is 6.42 Å². The van der Waals surface area contributed by atoms with Crippen LogP contribution in [0.3, 0.4) is 0 Å². The summed E-state index contributed by atoms with van der Waals surface area (Å²) < 4.78 is 10.9. The molecule has 0 unspecified atom stereocenters. The van der Waals surface area contributed by atoms with Crippen molar-refractivity contribution < 1.29 is 14.3 Å². The second-order valence-corrected chi connectivity index (χ2v) is 5.03. The Labute approximate surface area is 128 Å². The summed E-state index contributed by atoms with van der Waals surface area (Å²) in [5, 5.41) is 1.13. The normalized spacial score (nSPS) is 10.6. The number of carbonyl (C=O) groups is 1. The van der Waals surface area contributed by atoms with Gasteiger partial charge in [0.05, 0.1) is 13.7 Å². The molecule has 0 amide bonds. The third kappa shape index (κ3) is 3.11. The van der Waals surface area contributed by atoms with Gasteiger partial charge in [0, 0.05) is 28.6 Å². The number of aldehydes is 1.